The van der Waals surface area contributed by atoms with Gasteiger partial charge in [-0.05, 0) is 60.4 Å². The predicted molar refractivity (Wildman–Crippen MR) is 138 cm³/mol. The summed E-state index contributed by atoms with van der Waals surface area (Å²) >= 11 is 0. The van der Waals surface area contributed by atoms with Gasteiger partial charge in [-0.3, -0.25) is 9.59 Å². The normalized spacial score (nSPS) is 10.8. The van der Waals surface area contributed by atoms with Gasteiger partial charge in [0, 0.05) is 23.2 Å². The molecule has 0 aliphatic rings. The summed E-state index contributed by atoms with van der Waals surface area (Å²) < 4.78 is 5.76. The Labute approximate surface area is 200 Å². The quantitative estimate of drug-likeness (QED) is 0.230. The van der Waals surface area contributed by atoms with Crippen LogP contribution >= 0.6 is 0 Å². The molecule has 4 rings (SSSR count). The number of carbonyl (C=O) groups excluding carboxylic acids is 1. The number of nitrogens with one attached hydrogen (secondary N) is 1. The Morgan fingerprint density at radius 3 is 2.24 bits per heavy atom. The zero-order chi connectivity index (χ0) is 23.9. The van der Waals surface area contributed by atoms with Gasteiger partial charge in [-0.1, -0.05) is 73.5 Å². The summed E-state index contributed by atoms with van der Waals surface area (Å²) in [6, 6.07) is 26.8. The second-order valence-electron chi connectivity index (χ2n) is 8.46. The lowest BCUT2D eigenvalue weighted by molar-refractivity contribution is 0.0992. The highest BCUT2D eigenvalue weighted by atomic mass is 16.5. The van der Waals surface area contributed by atoms with Crippen LogP contribution in [0.3, 0.4) is 0 Å². The van der Waals surface area contributed by atoms with Crippen LogP contribution in [0, 0.1) is 6.92 Å². The van der Waals surface area contributed by atoms with Crippen molar-refractivity contribution in [3.63, 3.8) is 0 Å². The number of pyridine rings is 1. The molecule has 0 amide bonds. The van der Waals surface area contributed by atoms with E-state index >= 15 is 0 Å². The summed E-state index contributed by atoms with van der Waals surface area (Å²) in [6.45, 7) is 4.84. The number of rotatable bonds is 9. The average molecular weight is 452 g/mol. The molecule has 0 spiro atoms. The van der Waals surface area contributed by atoms with E-state index in [1.165, 1.54) is 0 Å². The Hall–Kier alpha value is -3.92. The molecule has 34 heavy (non-hydrogen) atoms. The van der Waals surface area contributed by atoms with Crippen LogP contribution in [0.4, 0.5) is 0 Å². The van der Waals surface area contributed by atoms with Crippen molar-refractivity contribution < 1.29 is 9.53 Å². The number of ketones is 1. The first-order chi connectivity index (χ1) is 16.5. The number of benzene rings is 3. The lowest BCUT2D eigenvalue weighted by Gasteiger charge is -2.13. The molecule has 0 radical (unpaired) electrons. The van der Waals surface area contributed by atoms with Crippen molar-refractivity contribution in [2.24, 2.45) is 0 Å². The average Bonchev–Trinajstić information content (AvgIpc) is 2.87. The van der Waals surface area contributed by atoms with Crippen LogP contribution < -0.4 is 10.3 Å². The molecule has 0 unspecified atom stereocenters. The van der Waals surface area contributed by atoms with Crippen molar-refractivity contribution >= 4 is 5.78 Å². The Bertz CT molecular complexity index is 1300. The van der Waals surface area contributed by atoms with Crippen LogP contribution in [0.5, 0.6) is 5.75 Å². The second-order valence-corrected chi connectivity index (χ2v) is 8.46. The van der Waals surface area contributed by atoms with Gasteiger partial charge in [-0.15, -0.1) is 0 Å². The van der Waals surface area contributed by atoms with Crippen LogP contribution in [0.15, 0.2) is 89.7 Å². The van der Waals surface area contributed by atoms with Crippen molar-refractivity contribution in [2.75, 3.05) is 6.61 Å². The Kier molecular flexibility index (Phi) is 7.38. The summed E-state index contributed by atoms with van der Waals surface area (Å²) in [5, 5.41) is 0. The third kappa shape index (κ3) is 5.52. The molecule has 0 aliphatic heterocycles. The number of hydrogen-bond donors (Lipinski definition) is 1. The highest BCUT2D eigenvalue weighted by Crippen LogP contribution is 2.28. The van der Waals surface area contributed by atoms with Gasteiger partial charge in [-0.2, -0.15) is 0 Å². The molecular formula is C30H29NO3. The Balaban J connectivity index is 1.72. The van der Waals surface area contributed by atoms with Gasteiger partial charge in [0.05, 0.1) is 6.61 Å². The van der Waals surface area contributed by atoms with Crippen LogP contribution in [-0.2, 0) is 6.42 Å². The van der Waals surface area contributed by atoms with E-state index in [1.54, 1.807) is 12.1 Å². The Morgan fingerprint density at radius 1 is 0.882 bits per heavy atom. The number of aryl methyl sites for hydroxylation is 1. The Morgan fingerprint density at radius 2 is 1.56 bits per heavy atom. The fourth-order valence-corrected chi connectivity index (χ4v) is 3.86. The zero-order valence-corrected chi connectivity index (χ0v) is 19.6. The van der Waals surface area contributed by atoms with Gasteiger partial charge in [0.15, 0.2) is 5.78 Å². The van der Waals surface area contributed by atoms with E-state index in [0.29, 0.717) is 23.4 Å². The first-order valence-electron chi connectivity index (χ1n) is 11.7. The zero-order valence-electron chi connectivity index (χ0n) is 19.6. The van der Waals surface area contributed by atoms with Crippen molar-refractivity contribution in [1.82, 2.24) is 4.98 Å². The summed E-state index contributed by atoms with van der Waals surface area (Å²) in [5.74, 6) is 0.726. The number of hydrogen-bond acceptors (Lipinski definition) is 3. The maximum atomic E-state index is 13.3. The molecule has 4 heteroatoms. The van der Waals surface area contributed by atoms with E-state index in [0.717, 1.165) is 40.8 Å². The highest BCUT2D eigenvalue weighted by molar-refractivity contribution is 5.98. The number of Topliss-reactive ketones (excluding diaryl/α,β-unsaturated/α-hetero) is 1. The molecule has 1 N–H and O–H groups in total. The first-order valence-corrected chi connectivity index (χ1v) is 11.7. The number of H-pyrrole nitrogens is 1. The number of carbonyl (C=O) groups is 1. The topological polar surface area (TPSA) is 59.2 Å². The smallest absolute Gasteiger partial charge is 0.252 e. The largest absolute Gasteiger partial charge is 0.494 e. The number of aromatic amines is 1. The third-order valence-corrected chi connectivity index (χ3v) is 5.86. The lowest BCUT2D eigenvalue weighted by atomic mass is 9.94. The summed E-state index contributed by atoms with van der Waals surface area (Å²) in [7, 11) is 0. The van der Waals surface area contributed by atoms with Crippen LogP contribution in [0.1, 0.15) is 41.3 Å². The summed E-state index contributed by atoms with van der Waals surface area (Å²) in [6.07, 6.45) is 2.13. The first kappa shape index (κ1) is 23.2. The standard InChI is InChI=1S/C30H29NO3/c1-3-4-18-34-25-16-14-23(15-17-25)28-19-26(22-12-10-21(2)11-13-22)27(30(33)31-28)20-29(32)24-8-6-5-7-9-24/h5-17,19H,3-4,18,20H2,1-2H3,(H,31,33). The fourth-order valence-electron chi connectivity index (χ4n) is 3.86. The number of unbranched alkanes of at least 4 members (excludes halogenated alkanes) is 1. The predicted octanol–water partition coefficient (Wildman–Crippen LogP) is 6.62. The summed E-state index contributed by atoms with van der Waals surface area (Å²) in [4.78, 5) is 29.2. The van der Waals surface area contributed by atoms with Crippen molar-refractivity contribution in [1.29, 1.82) is 0 Å². The molecule has 3 aromatic carbocycles. The minimum Gasteiger partial charge on any atom is -0.494 e. The maximum absolute atomic E-state index is 13.3. The van der Waals surface area contributed by atoms with Gasteiger partial charge < -0.3 is 9.72 Å². The van der Waals surface area contributed by atoms with E-state index < -0.39 is 0 Å². The number of ether oxygens (including phenoxy) is 1. The van der Waals surface area contributed by atoms with E-state index in [9.17, 15) is 9.59 Å². The molecule has 0 bridgehead atoms. The van der Waals surface area contributed by atoms with E-state index in [1.807, 2.05) is 79.7 Å². The van der Waals surface area contributed by atoms with Crippen molar-refractivity contribution in [3.05, 3.63) is 112 Å². The molecule has 4 nitrogen and oxygen atoms in total. The molecule has 0 fully saturated rings. The molecule has 172 valence electrons. The van der Waals surface area contributed by atoms with Crippen LogP contribution in [-0.4, -0.2) is 17.4 Å². The van der Waals surface area contributed by atoms with E-state index in [4.69, 9.17) is 4.74 Å². The van der Waals surface area contributed by atoms with Gasteiger partial charge in [0.1, 0.15) is 5.75 Å². The van der Waals surface area contributed by atoms with Crippen molar-refractivity contribution in [2.45, 2.75) is 33.1 Å². The van der Waals surface area contributed by atoms with E-state index in [-0.39, 0.29) is 17.8 Å². The SMILES string of the molecule is CCCCOc1ccc(-c2cc(-c3ccc(C)cc3)c(CC(=O)c3ccccc3)c(=O)[nH]2)cc1. The van der Waals surface area contributed by atoms with Gasteiger partial charge in [-0.25, -0.2) is 0 Å². The van der Waals surface area contributed by atoms with Crippen molar-refractivity contribution in [3.8, 4) is 28.1 Å². The highest BCUT2D eigenvalue weighted by Gasteiger charge is 2.17. The molecule has 0 atom stereocenters. The summed E-state index contributed by atoms with van der Waals surface area (Å²) in [5.41, 5.74) is 5.22. The monoisotopic (exact) mass is 451 g/mol. The van der Waals surface area contributed by atoms with E-state index in [2.05, 4.69) is 11.9 Å². The molecule has 0 saturated carbocycles. The van der Waals surface area contributed by atoms with Crippen LogP contribution in [0.2, 0.25) is 0 Å². The van der Waals surface area contributed by atoms with Crippen LogP contribution in [0.25, 0.3) is 22.4 Å². The molecular weight excluding hydrogens is 422 g/mol. The molecule has 0 saturated heterocycles. The minimum absolute atomic E-state index is 0.0348. The van der Waals surface area contributed by atoms with Gasteiger partial charge in [0.25, 0.3) is 5.56 Å². The molecule has 4 aromatic rings. The van der Waals surface area contributed by atoms with Gasteiger partial charge >= 0.3 is 0 Å². The lowest BCUT2D eigenvalue weighted by Crippen LogP contribution is -2.19. The second kappa shape index (κ2) is 10.8. The maximum Gasteiger partial charge on any atom is 0.252 e. The molecule has 0 aliphatic carbocycles. The fraction of sp³-hybridized carbons (Fsp3) is 0.200. The molecule has 1 heterocycles. The minimum atomic E-state index is -0.249. The molecule has 1 aromatic heterocycles. The van der Waals surface area contributed by atoms with Gasteiger partial charge in [0.2, 0.25) is 0 Å². The number of aromatic nitrogens is 1. The third-order valence-electron chi connectivity index (χ3n) is 5.86.